The highest BCUT2D eigenvalue weighted by Gasteiger charge is 2.51. The minimum absolute atomic E-state index is 0.0477. The van der Waals surface area contributed by atoms with Crippen LogP contribution in [0.1, 0.15) is 55.5 Å². The Morgan fingerprint density at radius 2 is 1.65 bits per heavy atom. The Bertz CT molecular complexity index is 1200. The number of anilines is 2. The van der Waals surface area contributed by atoms with Crippen LogP contribution < -0.4 is 10.6 Å². The minimum Gasteiger partial charge on any atom is -0.396 e. The lowest BCUT2D eigenvalue weighted by Crippen LogP contribution is -2.47. The number of benzene rings is 1. The lowest BCUT2D eigenvalue weighted by molar-refractivity contribution is -0.137. The third-order valence-corrected chi connectivity index (χ3v) is 8.51. The molecule has 0 amide bonds. The molecule has 204 valence electrons. The second-order valence-corrected chi connectivity index (χ2v) is 11.5. The van der Waals surface area contributed by atoms with Crippen LogP contribution in [0.3, 0.4) is 0 Å². The van der Waals surface area contributed by atoms with Gasteiger partial charge in [0.25, 0.3) is 0 Å². The molecule has 0 bridgehead atoms. The fourth-order valence-electron chi connectivity index (χ4n) is 5.07. The van der Waals surface area contributed by atoms with E-state index in [0.717, 1.165) is 31.7 Å². The predicted molar refractivity (Wildman–Crippen MR) is 124 cm³/mol. The van der Waals surface area contributed by atoms with Crippen LogP contribution in [-0.2, 0) is 29.3 Å². The Morgan fingerprint density at radius 3 is 2.24 bits per heavy atom. The zero-order chi connectivity index (χ0) is 27.0. The number of sulfonamides is 1. The molecule has 37 heavy (non-hydrogen) atoms. The standard InChI is InChI=1S/C23H27F6N5O2S/c24-22(25,26)17-6-8-20-16(9-17)12-33(37(35,36)23(27,28)29)13-19(7-5-15-3-1-2-4-15)34(20)14-21-31-10-18(30)11-32-21/h6,8-11,15,19H,1-5,7,12-14,30H2. The average molecular weight is 552 g/mol. The summed E-state index contributed by atoms with van der Waals surface area (Å²) in [6.07, 6.45) is 2.99. The molecule has 0 saturated heterocycles. The predicted octanol–water partition coefficient (Wildman–Crippen LogP) is 5.09. The van der Waals surface area contributed by atoms with Crippen molar-refractivity contribution in [3.63, 3.8) is 0 Å². The first-order chi connectivity index (χ1) is 17.3. The van der Waals surface area contributed by atoms with Crippen LogP contribution in [0, 0.1) is 5.92 Å². The summed E-state index contributed by atoms with van der Waals surface area (Å²) in [4.78, 5) is 9.91. The highest BCUT2D eigenvalue weighted by molar-refractivity contribution is 7.89. The molecule has 2 aromatic rings. The summed E-state index contributed by atoms with van der Waals surface area (Å²) >= 11 is 0. The third-order valence-electron chi connectivity index (χ3n) is 6.97. The van der Waals surface area contributed by atoms with Gasteiger partial charge in [-0.1, -0.05) is 25.7 Å². The van der Waals surface area contributed by atoms with E-state index >= 15 is 0 Å². The summed E-state index contributed by atoms with van der Waals surface area (Å²) in [6.45, 7) is -1.44. The molecule has 14 heteroatoms. The molecule has 0 spiro atoms. The van der Waals surface area contributed by atoms with Gasteiger partial charge in [0.05, 0.1) is 30.2 Å². The Labute approximate surface area is 210 Å². The average Bonchev–Trinajstić information content (AvgIpc) is 3.28. The largest absolute Gasteiger partial charge is 0.511 e. The monoisotopic (exact) mass is 551 g/mol. The first-order valence-electron chi connectivity index (χ1n) is 11.9. The summed E-state index contributed by atoms with van der Waals surface area (Å²) in [5.74, 6) is 0.607. The Balaban J connectivity index is 1.80. The summed E-state index contributed by atoms with van der Waals surface area (Å²) in [7, 11) is -5.81. The molecular formula is C23H27F6N5O2S. The van der Waals surface area contributed by atoms with Gasteiger partial charge in [-0.3, -0.25) is 0 Å². The summed E-state index contributed by atoms with van der Waals surface area (Å²) in [5.41, 5.74) is -0.711. The van der Waals surface area contributed by atoms with Gasteiger partial charge in [0, 0.05) is 24.8 Å². The van der Waals surface area contributed by atoms with Gasteiger partial charge in [0.2, 0.25) is 0 Å². The lowest BCUT2D eigenvalue weighted by Gasteiger charge is -2.34. The molecule has 2 aliphatic rings. The van der Waals surface area contributed by atoms with Gasteiger partial charge in [0.15, 0.2) is 0 Å². The van der Waals surface area contributed by atoms with Crippen molar-refractivity contribution in [2.45, 2.75) is 69.3 Å². The van der Waals surface area contributed by atoms with Gasteiger partial charge < -0.3 is 10.6 Å². The highest BCUT2D eigenvalue weighted by Crippen LogP contribution is 2.40. The van der Waals surface area contributed by atoms with Crippen molar-refractivity contribution < 1.29 is 34.8 Å². The first kappa shape index (κ1) is 27.4. The number of nitrogens with zero attached hydrogens (tertiary/aromatic N) is 4. The minimum atomic E-state index is -5.81. The highest BCUT2D eigenvalue weighted by atomic mass is 32.2. The van der Waals surface area contributed by atoms with Gasteiger partial charge in [-0.05, 0) is 42.5 Å². The van der Waals surface area contributed by atoms with Crippen molar-refractivity contribution in [2.75, 3.05) is 17.2 Å². The number of hydrogen-bond acceptors (Lipinski definition) is 6. The van der Waals surface area contributed by atoms with E-state index in [4.69, 9.17) is 5.73 Å². The fraction of sp³-hybridized carbons (Fsp3) is 0.565. The van der Waals surface area contributed by atoms with Crippen molar-refractivity contribution in [2.24, 2.45) is 5.92 Å². The van der Waals surface area contributed by atoms with Gasteiger partial charge in [-0.25, -0.2) is 18.4 Å². The third kappa shape index (κ3) is 6.11. The zero-order valence-electron chi connectivity index (χ0n) is 19.8. The van der Waals surface area contributed by atoms with E-state index in [-0.39, 0.29) is 33.6 Å². The quantitative estimate of drug-likeness (QED) is 0.503. The number of nitrogen functional groups attached to an aromatic ring is 1. The molecule has 1 aliphatic carbocycles. The Morgan fingerprint density at radius 1 is 1.00 bits per heavy atom. The van der Waals surface area contributed by atoms with E-state index in [1.54, 1.807) is 4.90 Å². The zero-order valence-corrected chi connectivity index (χ0v) is 20.6. The van der Waals surface area contributed by atoms with Crippen molar-refractivity contribution in [1.82, 2.24) is 14.3 Å². The molecule has 1 atom stereocenters. The molecule has 1 aromatic carbocycles. The van der Waals surface area contributed by atoms with Crippen LogP contribution in [-0.4, -0.2) is 40.8 Å². The van der Waals surface area contributed by atoms with Crippen molar-refractivity contribution in [3.8, 4) is 0 Å². The second kappa shape index (κ2) is 10.3. The van der Waals surface area contributed by atoms with Gasteiger partial charge in [0.1, 0.15) is 5.82 Å². The molecule has 1 fully saturated rings. The topological polar surface area (TPSA) is 92.4 Å². The number of nitrogens with two attached hydrogens (primary N) is 1. The number of hydrogen-bond donors (Lipinski definition) is 1. The molecule has 4 rings (SSSR count). The van der Waals surface area contributed by atoms with Crippen LogP contribution in [0.2, 0.25) is 0 Å². The molecule has 1 unspecified atom stereocenters. The summed E-state index contributed by atoms with van der Waals surface area (Å²) in [6, 6.07) is 1.99. The maximum Gasteiger partial charge on any atom is 0.511 e. The smallest absolute Gasteiger partial charge is 0.396 e. The van der Waals surface area contributed by atoms with Gasteiger partial charge in [-0.2, -0.15) is 30.6 Å². The summed E-state index contributed by atoms with van der Waals surface area (Å²) in [5, 5.41) is 0. The number of rotatable bonds is 6. The van der Waals surface area contributed by atoms with Crippen molar-refractivity contribution in [1.29, 1.82) is 0 Å². The van der Waals surface area contributed by atoms with Crippen molar-refractivity contribution in [3.05, 3.63) is 47.5 Å². The van der Waals surface area contributed by atoms with E-state index in [1.165, 1.54) is 18.5 Å². The Kier molecular flexibility index (Phi) is 7.62. The molecule has 7 nitrogen and oxygen atoms in total. The second-order valence-electron chi connectivity index (χ2n) is 9.53. The van der Waals surface area contributed by atoms with Crippen LogP contribution in [0.15, 0.2) is 30.6 Å². The number of halogens is 6. The molecule has 1 saturated carbocycles. The van der Waals surface area contributed by atoms with Gasteiger partial charge in [-0.15, -0.1) is 0 Å². The van der Waals surface area contributed by atoms with Crippen LogP contribution >= 0.6 is 0 Å². The molecule has 1 aromatic heterocycles. The van der Waals surface area contributed by atoms with E-state index in [2.05, 4.69) is 9.97 Å². The fourth-order valence-corrected chi connectivity index (χ4v) is 6.04. The molecule has 2 N–H and O–H groups in total. The molecule has 2 heterocycles. The normalized spacial score (nSPS) is 20.2. The Hall–Kier alpha value is -2.61. The number of aromatic nitrogens is 2. The van der Waals surface area contributed by atoms with E-state index < -0.39 is 46.4 Å². The van der Waals surface area contributed by atoms with Gasteiger partial charge >= 0.3 is 21.7 Å². The molecular weight excluding hydrogens is 524 g/mol. The molecule has 0 radical (unpaired) electrons. The van der Waals surface area contributed by atoms with E-state index in [0.29, 0.717) is 24.8 Å². The number of alkyl halides is 6. The maximum atomic E-state index is 13.6. The van der Waals surface area contributed by atoms with Crippen LogP contribution in [0.4, 0.5) is 37.7 Å². The van der Waals surface area contributed by atoms with Crippen LogP contribution in [0.5, 0.6) is 0 Å². The SMILES string of the molecule is Nc1cnc(CN2c3ccc(C(F)(F)F)cc3CN(S(=O)(=O)C(F)(F)F)CC2CCC2CCCC2)nc1. The number of fused-ring (bicyclic) bond motifs is 1. The van der Waals surface area contributed by atoms with E-state index in [1.807, 2.05) is 0 Å². The molecule has 1 aliphatic heterocycles. The lowest BCUT2D eigenvalue weighted by atomic mass is 9.97. The maximum absolute atomic E-state index is 13.6. The van der Waals surface area contributed by atoms with E-state index in [9.17, 15) is 34.8 Å². The summed E-state index contributed by atoms with van der Waals surface area (Å²) < 4.78 is 106. The first-order valence-corrected chi connectivity index (χ1v) is 13.3. The van der Waals surface area contributed by atoms with Crippen molar-refractivity contribution >= 4 is 21.4 Å². The van der Waals surface area contributed by atoms with Crippen LogP contribution in [0.25, 0.3) is 0 Å².